The molecule has 6 heteroatoms. The highest BCUT2D eigenvalue weighted by Crippen LogP contribution is 2.24. The molecule has 1 amide bonds. The summed E-state index contributed by atoms with van der Waals surface area (Å²) in [5, 5.41) is 2.89. The summed E-state index contributed by atoms with van der Waals surface area (Å²) in [6.07, 6.45) is 4.76. The number of pyridine rings is 1. The van der Waals surface area contributed by atoms with Crippen molar-refractivity contribution >= 4 is 5.91 Å². The highest BCUT2D eigenvalue weighted by Gasteiger charge is 2.12. The zero-order valence-corrected chi connectivity index (χ0v) is 14.4. The number of benzene rings is 1. The lowest BCUT2D eigenvalue weighted by Crippen LogP contribution is -2.24. The number of nitrogens with zero attached hydrogens (tertiary/aromatic N) is 2. The first-order chi connectivity index (χ1) is 12.1. The first-order valence-corrected chi connectivity index (χ1v) is 7.86. The number of carbonyl (C=O) groups is 1. The van der Waals surface area contributed by atoms with Gasteiger partial charge in [-0.15, -0.1) is 0 Å². The van der Waals surface area contributed by atoms with Crippen molar-refractivity contribution in [2.24, 2.45) is 0 Å². The average Bonchev–Trinajstić information content (AvgIpc) is 3.16. The van der Waals surface area contributed by atoms with Gasteiger partial charge in [-0.05, 0) is 26.0 Å². The summed E-state index contributed by atoms with van der Waals surface area (Å²) in [5.74, 6) is 1.30. The van der Waals surface area contributed by atoms with Crippen molar-refractivity contribution in [3.05, 3.63) is 65.4 Å². The Balaban J connectivity index is 1.69. The van der Waals surface area contributed by atoms with Crippen LogP contribution < -0.4 is 10.1 Å². The Kier molecular flexibility index (Phi) is 4.79. The van der Waals surface area contributed by atoms with Crippen molar-refractivity contribution in [1.82, 2.24) is 15.3 Å². The summed E-state index contributed by atoms with van der Waals surface area (Å²) < 4.78 is 10.6. The molecular weight excluding hydrogens is 318 g/mol. The molecule has 0 bridgehead atoms. The minimum Gasteiger partial charge on any atom is -0.496 e. The smallest absolute Gasteiger partial charge is 0.251 e. The summed E-state index contributed by atoms with van der Waals surface area (Å²) in [6.45, 7) is 4.22. The van der Waals surface area contributed by atoms with Gasteiger partial charge in [-0.2, -0.15) is 0 Å². The van der Waals surface area contributed by atoms with Gasteiger partial charge in [0.05, 0.1) is 25.5 Å². The van der Waals surface area contributed by atoms with Crippen LogP contribution in [0, 0.1) is 13.8 Å². The van der Waals surface area contributed by atoms with Gasteiger partial charge in [0.25, 0.3) is 5.91 Å². The van der Waals surface area contributed by atoms with Crippen molar-refractivity contribution < 1.29 is 13.9 Å². The van der Waals surface area contributed by atoms with Crippen LogP contribution in [0.5, 0.6) is 5.75 Å². The number of nitrogens with one attached hydrogen (secondary N) is 1. The van der Waals surface area contributed by atoms with E-state index in [1.54, 1.807) is 31.6 Å². The van der Waals surface area contributed by atoms with Crippen molar-refractivity contribution in [2.75, 3.05) is 7.11 Å². The third-order valence-electron chi connectivity index (χ3n) is 4.03. The minimum atomic E-state index is -0.162. The molecule has 0 spiro atoms. The molecule has 2 aromatic heterocycles. The zero-order chi connectivity index (χ0) is 17.8. The first kappa shape index (κ1) is 16.7. The lowest BCUT2D eigenvalue weighted by atomic mass is 10.1. The van der Waals surface area contributed by atoms with Crippen LogP contribution >= 0.6 is 0 Å². The van der Waals surface area contributed by atoms with E-state index in [2.05, 4.69) is 15.3 Å². The van der Waals surface area contributed by atoms with Gasteiger partial charge >= 0.3 is 0 Å². The number of oxazole rings is 1. The van der Waals surface area contributed by atoms with E-state index in [1.165, 1.54) is 6.39 Å². The maximum atomic E-state index is 12.3. The molecule has 1 N–H and O–H groups in total. The molecule has 0 saturated heterocycles. The molecule has 3 rings (SSSR count). The third-order valence-corrected chi connectivity index (χ3v) is 4.03. The van der Waals surface area contributed by atoms with E-state index in [0.29, 0.717) is 17.9 Å². The van der Waals surface area contributed by atoms with E-state index in [1.807, 2.05) is 26.0 Å². The number of hydrogen-bond acceptors (Lipinski definition) is 5. The predicted molar refractivity (Wildman–Crippen MR) is 93.4 cm³/mol. The number of carbonyl (C=O) groups excluding carboxylic acids is 1. The standard InChI is InChI=1S/C19H19N3O3/c1-12-8-21-16(13(2)18(12)24-3)9-22-19(23)15-6-4-14(5-7-15)17-10-20-11-25-17/h4-8,10-11H,9H2,1-3H3,(H,22,23). The van der Waals surface area contributed by atoms with Gasteiger partial charge in [0.1, 0.15) is 5.75 Å². The molecule has 0 atom stereocenters. The number of aryl methyl sites for hydroxylation is 1. The normalized spacial score (nSPS) is 10.5. The van der Waals surface area contributed by atoms with Gasteiger partial charge in [0.15, 0.2) is 12.2 Å². The Morgan fingerprint density at radius 2 is 1.96 bits per heavy atom. The Bertz CT molecular complexity index is 872. The summed E-state index contributed by atoms with van der Waals surface area (Å²) in [7, 11) is 1.63. The second-order valence-corrected chi connectivity index (χ2v) is 5.67. The van der Waals surface area contributed by atoms with Crippen LogP contribution in [-0.2, 0) is 6.54 Å². The van der Waals surface area contributed by atoms with Crippen LogP contribution in [0.25, 0.3) is 11.3 Å². The Labute approximate surface area is 145 Å². The molecular formula is C19H19N3O3. The number of amides is 1. The van der Waals surface area contributed by atoms with Crippen molar-refractivity contribution in [2.45, 2.75) is 20.4 Å². The van der Waals surface area contributed by atoms with E-state index in [9.17, 15) is 4.79 Å². The van der Waals surface area contributed by atoms with Crippen LogP contribution in [0.15, 0.2) is 47.5 Å². The molecule has 6 nitrogen and oxygen atoms in total. The van der Waals surface area contributed by atoms with E-state index in [0.717, 1.165) is 28.1 Å². The lowest BCUT2D eigenvalue weighted by Gasteiger charge is -2.13. The fraction of sp³-hybridized carbons (Fsp3) is 0.211. The van der Waals surface area contributed by atoms with Gasteiger partial charge in [0, 0.05) is 28.5 Å². The molecule has 0 unspecified atom stereocenters. The first-order valence-electron chi connectivity index (χ1n) is 7.86. The second kappa shape index (κ2) is 7.17. The van der Waals surface area contributed by atoms with Crippen LogP contribution in [0.2, 0.25) is 0 Å². The lowest BCUT2D eigenvalue weighted by molar-refractivity contribution is 0.0950. The monoisotopic (exact) mass is 337 g/mol. The SMILES string of the molecule is COc1c(C)cnc(CNC(=O)c2ccc(-c3cnco3)cc2)c1C. The number of rotatable bonds is 5. The van der Waals surface area contributed by atoms with Crippen molar-refractivity contribution in [1.29, 1.82) is 0 Å². The van der Waals surface area contributed by atoms with E-state index in [4.69, 9.17) is 9.15 Å². The van der Waals surface area contributed by atoms with Gasteiger partial charge in [-0.25, -0.2) is 4.98 Å². The highest BCUT2D eigenvalue weighted by atomic mass is 16.5. The molecule has 0 fully saturated rings. The Morgan fingerprint density at radius 1 is 1.20 bits per heavy atom. The zero-order valence-electron chi connectivity index (χ0n) is 14.4. The Morgan fingerprint density at radius 3 is 2.60 bits per heavy atom. The fourth-order valence-electron chi connectivity index (χ4n) is 2.66. The van der Waals surface area contributed by atoms with E-state index >= 15 is 0 Å². The van der Waals surface area contributed by atoms with Crippen LogP contribution in [-0.4, -0.2) is 23.0 Å². The summed E-state index contributed by atoms with van der Waals surface area (Å²) >= 11 is 0. The maximum absolute atomic E-state index is 12.3. The highest BCUT2D eigenvalue weighted by molar-refractivity contribution is 5.94. The molecule has 25 heavy (non-hydrogen) atoms. The minimum absolute atomic E-state index is 0.162. The van der Waals surface area contributed by atoms with Crippen LogP contribution in [0.4, 0.5) is 0 Å². The topological polar surface area (TPSA) is 77.2 Å². The molecule has 0 aliphatic carbocycles. The molecule has 1 aromatic carbocycles. The van der Waals surface area contributed by atoms with Crippen LogP contribution in [0.3, 0.4) is 0 Å². The molecule has 2 heterocycles. The maximum Gasteiger partial charge on any atom is 0.251 e. The summed E-state index contributed by atoms with van der Waals surface area (Å²) in [4.78, 5) is 20.6. The Hall–Kier alpha value is -3.15. The van der Waals surface area contributed by atoms with Gasteiger partial charge < -0.3 is 14.5 Å². The molecule has 0 aliphatic heterocycles. The van der Waals surface area contributed by atoms with Gasteiger partial charge in [-0.3, -0.25) is 9.78 Å². The number of ether oxygens (including phenoxy) is 1. The molecule has 3 aromatic rings. The van der Waals surface area contributed by atoms with Crippen molar-refractivity contribution in [3.63, 3.8) is 0 Å². The van der Waals surface area contributed by atoms with Gasteiger partial charge in [0.2, 0.25) is 0 Å². The largest absolute Gasteiger partial charge is 0.496 e. The summed E-state index contributed by atoms with van der Waals surface area (Å²) in [5.41, 5.74) is 4.13. The average molecular weight is 337 g/mol. The quantitative estimate of drug-likeness (QED) is 0.773. The van der Waals surface area contributed by atoms with Gasteiger partial charge in [-0.1, -0.05) is 12.1 Å². The van der Waals surface area contributed by atoms with Crippen LogP contribution in [0.1, 0.15) is 27.2 Å². The fourth-order valence-corrected chi connectivity index (χ4v) is 2.66. The van der Waals surface area contributed by atoms with E-state index in [-0.39, 0.29) is 5.91 Å². The predicted octanol–water partition coefficient (Wildman–Crippen LogP) is 3.29. The number of hydrogen-bond donors (Lipinski definition) is 1. The van der Waals surface area contributed by atoms with Crippen molar-refractivity contribution in [3.8, 4) is 17.1 Å². The molecule has 128 valence electrons. The second-order valence-electron chi connectivity index (χ2n) is 5.67. The molecule has 0 radical (unpaired) electrons. The van der Waals surface area contributed by atoms with E-state index < -0.39 is 0 Å². The number of aromatic nitrogens is 2. The molecule has 0 aliphatic rings. The molecule has 0 saturated carbocycles. The summed E-state index contributed by atoms with van der Waals surface area (Å²) in [6, 6.07) is 7.16. The number of methoxy groups -OCH3 is 1. The third kappa shape index (κ3) is 3.52.